The van der Waals surface area contributed by atoms with E-state index in [1.54, 1.807) is 4.90 Å². The maximum absolute atomic E-state index is 12.5. The van der Waals surface area contributed by atoms with Crippen LogP contribution in [0, 0.1) is 0 Å². The van der Waals surface area contributed by atoms with Gasteiger partial charge in [0.1, 0.15) is 0 Å². The van der Waals surface area contributed by atoms with Gasteiger partial charge in [0.2, 0.25) is 5.91 Å². The average Bonchev–Trinajstić information content (AvgIpc) is 3.46. The number of urea groups is 1. The van der Waals surface area contributed by atoms with Gasteiger partial charge in [0, 0.05) is 31.4 Å². The third kappa shape index (κ3) is 5.73. The molecular formula is C20H29N3O3. The van der Waals surface area contributed by atoms with Crippen LogP contribution in [0.25, 0.3) is 0 Å². The van der Waals surface area contributed by atoms with Crippen LogP contribution in [0.15, 0.2) is 24.3 Å². The second-order valence-corrected chi connectivity index (χ2v) is 7.17. The van der Waals surface area contributed by atoms with E-state index in [9.17, 15) is 9.59 Å². The summed E-state index contributed by atoms with van der Waals surface area (Å²) >= 11 is 0. The molecule has 142 valence electrons. The van der Waals surface area contributed by atoms with E-state index < -0.39 is 0 Å². The molecular weight excluding hydrogens is 330 g/mol. The van der Waals surface area contributed by atoms with Crippen molar-refractivity contribution in [1.82, 2.24) is 10.2 Å². The van der Waals surface area contributed by atoms with Gasteiger partial charge >= 0.3 is 6.03 Å². The fraction of sp³-hybridized carbons (Fsp3) is 0.600. The number of amides is 3. The van der Waals surface area contributed by atoms with E-state index in [0.717, 1.165) is 43.5 Å². The summed E-state index contributed by atoms with van der Waals surface area (Å²) in [4.78, 5) is 26.1. The first-order chi connectivity index (χ1) is 12.6. The van der Waals surface area contributed by atoms with Crippen LogP contribution < -0.4 is 10.6 Å². The molecule has 0 bridgehead atoms. The van der Waals surface area contributed by atoms with E-state index in [4.69, 9.17) is 4.74 Å². The van der Waals surface area contributed by atoms with Crippen molar-refractivity contribution in [3.8, 4) is 0 Å². The number of ether oxygens (including phenoxy) is 1. The van der Waals surface area contributed by atoms with Crippen molar-refractivity contribution in [3.63, 3.8) is 0 Å². The highest BCUT2D eigenvalue weighted by molar-refractivity contribution is 5.89. The van der Waals surface area contributed by atoms with Crippen molar-refractivity contribution in [2.75, 3.05) is 25.0 Å². The molecule has 6 nitrogen and oxygen atoms in total. The molecule has 1 aliphatic heterocycles. The number of carbonyl (C=O) groups excluding carboxylic acids is 2. The standard InChI is InChI=1S/C20H29N3O3/c1-2-23(14-18-5-3-4-12-26-18)20(25)22-17-8-6-15(7-9-17)13-19(24)21-16-10-11-16/h6-9,16,18H,2-5,10-14H2,1H3,(H,21,24)(H,22,25). The van der Waals surface area contributed by atoms with Gasteiger partial charge < -0.3 is 20.3 Å². The summed E-state index contributed by atoms with van der Waals surface area (Å²) in [5, 5.41) is 5.92. The molecule has 3 amide bonds. The molecule has 1 aromatic carbocycles. The van der Waals surface area contributed by atoms with Crippen molar-refractivity contribution in [2.45, 2.75) is 57.6 Å². The van der Waals surface area contributed by atoms with Crippen LogP contribution in [0.4, 0.5) is 10.5 Å². The third-order valence-electron chi connectivity index (χ3n) is 4.88. The molecule has 0 radical (unpaired) electrons. The number of rotatable bonds is 7. The van der Waals surface area contributed by atoms with Gasteiger partial charge in [0.05, 0.1) is 12.5 Å². The average molecular weight is 359 g/mol. The molecule has 0 spiro atoms. The zero-order chi connectivity index (χ0) is 18.4. The predicted octanol–water partition coefficient (Wildman–Crippen LogP) is 2.93. The molecule has 26 heavy (non-hydrogen) atoms. The number of anilines is 1. The summed E-state index contributed by atoms with van der Waals surface area (Å²) in [7, 11) is 0. The Kier molecular flexibility index (Phi) is 6.50. The van der Waals surface area contributed by atoms with Gasteiger partial charge in [-0.05, 0) is 56.7 Å². The summed E-state index contributed by atoms with van der Waals surface area (Å²) in [6.07, 6.45) is 6.00. The fourth-order valence-electron chi connectivity index (χ4n) is 3.15. The molecule has 2 N–H and O–H groups in total. The first kappa shape index (κ1) is 18.7. The molecule has 1 saturated heterocycles. The molecule has 1 atom stereocenters. The molecule has 2 fully saturated rings. The highest BCUT2D eigenvalue weighted by Gasteiger charge is 2.23. The number of likely N-dealkylation sites (N-methyl/N-ethyl adjacent to an activating group) is 1. The van der Waals surface area contributed by atoms with Crippen molar-refractivity contribution in [2.24, 2.45) is 0 Å². The minimum atomic E-state index is -0.110. The lowest BCUT2D eigenvalue weighted by Gasteiger charge is -2.29. The van der Waals surface area contributed by atoms with Crippen LogP contribution >= 0.6 is 0 Å². The topological polar surface area (TPSA) is 70.7 Å². The van der Waals surface area contributed by atoms with Crippen LogP contribution in [0.1, 0.15) is 44.6 Å². The van der Waals surface area contributed by atoms with Crippen LogP contribution in [-0.4, -0.2) is 48.7 Å². The third-order valence-corrected chi connectivity index (χ3v) is 4.88. The van der Waals surface area contributed by atoms with E-state index in [1.165, 1.54) is 6.42 Å². The van der Waals surface area contributed by atoms with Gasteiger partial charge in [-0.3, -0.25) is 4.79 Å². The molecule has 1 unspecified atom stereocenters. The fourth-order valence-corrected chi connectivity index (χ4v) is 3.15. The predicted molar refractivity (Wildman–Crippen MR) is 101 cm³/mol. The first-order valence-electron chi connectivity index (χ1n) is 9.70. The Hall–Kier alpha value is -2.08. The Morgan fingerprint density at radius 1 is 1.15 bits per heavy atom. The Labute approximate surface area is 155 Å². The zero-order valence-corrected chi connectivity index (χ0v) is 15.5. The summed E-state index contributed by atoms with van der Waals surface area (Å²) in [5.41, 5.74) is 1.69. The van der Waals surface area contributed by atoms with E-state index in [0.29, 0.717) is 25.6 Å². The van der Waals surface area contributed by atoms with Crippen LogP contribution in [0.3, 0.4) is 0 Å². The monoisotopic (exact) mass is 359 g/mol. The molecule has 1 aliphatic carbocycles. The van der Waals surface area contributed by atoms with Gasteiger partial charge in [0.15, 0.2) is 0 Å². The maximum atomic E-state index is 12.5. The normalized spacial score (nSPS) is 19.7. The summed E-state index contributed by atoms with van der Waals surface area (Å²) < 4.78 is 5.74. The minimum absolute atomic E-state index is 0.0638. The van der Waals surface area contributed by atoms with Crippen LogP contribution in [0.5, 0.6) is 0 Å². The van der Waals surface area contributed by atoms with Gasteiger partial charge in [-0.15, -0.1) is 0 Å². The largest absolute Gasteiger partial charge is 0.376 e. The molecule has 0 aromatic heterocycles. The Morgan fingerprint density at radius 2 is 1.92 bits per heavy atom. The lowest BCUT2D eigenvalue weighted by molar-refractivity contribution is -0.120. The Balaban J connectivity index is 1.48. The minimum Gasteiger partial charge on any atom is -0.376 e. The van der Waals surface area contributed by atoms with Crippen molar-refractivity contribution in [1.29, 1.82) is 0 Å². The van der Waals surface area contributed by atoms with Crippen LogP contribution in [-0.2, 0) is 16.0 Å². The molecule has 1 heterocycles. The van der Waals surface area contributed by atoms with E-state index in [2.05, 4.69) is 10.6 Å². The number of hydrogen-bond donors (Lipinski definition) is 2. The number of nitrogens with one attached hydrogen (secondary N) is 2. The number of benzene rings is 1. The highest BCUT2D eigenvalue weighted by Crippen LogP contribution is 2.19. The second-order valence-electron chi connectivity index (χ2n) is 7.17. The lowest BCUT2D eigenvalue weighted by atomic mass is 10.1. The van der Waals surface area contributed by atoms with Gasteiger partial charge in [-0.1, -0.05) is 12.1 Å². The Bertz CT molecular complexity index is 607. The maximum Gasteiger partial charge on any atom is 0.321 e. The van der Waals surface area contributed by atoms with Crippen molar-refractivity contribution in [3.05, 3.63) is 29.8 Å². The van der Waals surface area contributed by atoms with Gasteiger partial charge in [0.25, 0.3) is 0 Å². The van der Waals surface area contributed by atoms with Crippen molar-refractivity contribution < 1.29 is 14.3 Å². The molecule has 3 rings (SSSR count). The molecule has 2 aliphatic rings. The number of hydrogen-bond acceptors (Lipinski definition) is 3. The SMILES string of the molecule is CCN(CC1CCCCO1)C(=O)Nc1ccc(CC(=O)NC2CC2)cc1. The Morgan fingerprint density at radius 3 is 2.54 bits per heavy atom. The van der Waals surface area contributed by atoms with Crippen molar-refractivity contribution >= 4 is 17.6 Å². The second kappa shape index (κ2) is 9.03. The first-order valence-corrected chi connectivity index (χ1v) is 9.70. The molecule has 6 heteroatoms. The van der Waals surface area contributed by atoms with E-state index in [1.807, 2.05) is 31.2 Å². The summed E-state index contributed by atoms with van der Waals surface area (Å²) in [6.45, 7) is 4.04. The van der Waals surface area contributed by atoms with E-state index in [-0.39, 0.29) is 18.0 Å². The number of nitrogens with zero attached hydrogens (tertiary/aromatic N) is 1. The highest BCUT2D eigenvalue weighted by atomic mass is 16.5. The van der Waals surface area contributed by atoms with Gasteiger partial charge in [-0.25, -0.2) is 4.79 Å². The molecule has 1 saturated carbocycles. The number of carbonyl (C=O) groups is 2. The molecule has 1 aromatic rings. The van der Waals surface area contributed by atoms with Crippen LogP contribution in [0.2, 0.25) is 0 Å². The quantitative estimate of drug-likeness (QED) is 0.786. The zero-order valence-electron chi connectivity index (χ0n) is 15.5. The summed E-state index contributed by atoms with van der Waals surface area (Å²) in [6, 6.07) is 7.76. The van der Waals surface area contributed by atoms with Gasteiger partial charge in [-0.2, -0.15) is 0 Å². The van der Waals surface area contributed by atoms with E-state index >= 15 is 0 Å². The smallest absolute Gasteiger partial charge is 0.321 e. The lowest BCUT2D eigenvalue weighted by Crippen LogP contribution is -2.41. The summed E-state index contributed by atoms with van der Waals surface area (Å²) in [5.74, 6) is 0.0638.